The molecule has 2 rings (SSSR count). The second kappa shape index (κ2) is 6.61. The number of piperidine rings is 1. The quantitative estimate of drug-likeness (QED) is 0.873. The Morgan fingerprint density at radius 1 is 1.55 bits per heavy atom. The number of carbonyl (C=O) groups is 1. The fraction of sp³-hybridized carbons (Fsp3) is 0.533. The van der Waals surface area contributed by atoms with Crippen molar-refractivity contribution in [3.8, 4) is 11.5 Å². The van der Waals surface area contributed by atoms with E-state index in [2.05, 4.69) is 5.32 Å². The third-order valence-electron chi connectivity index (χ3n) is 3.69. The van der Waals surface area contributed by atoms with E-state index in [9.17, 15) is 9.90 Å². The average molecular weight is 278 g/mol. The number of rotatable bonds is 4. The molecule has 1 aromatic rings. The van der Waals surface area contributed by atoms with E-state index >= 15 is 0 Å². The van der Waals surface area contributed by atoms with Crippen molar-refractivity contribution in [2.45, 2.75) is 19.4 Å². The zero-order valence-electron chi connectivity index (χ0n) is 12.1. The third kappa shape index (κ3) is 3.42. The molecule has 1 atom stereocenters. The fourth-order valence-corrected chi connectivity index (χ4v) is 2.55. The molecule has 1 amide bonds. The Balaban J connectivity index is 1.99. The highest BCUT2D eigenvalue weighted by atomic mass is 16.5. The fourth-order valence-electron chi connectivity index (χ4n) is 2.55. The maximum absolute atomic E-state index is 12.3. The summed E-state index contributed by atoms with van der Waals surface area (Å²) in [6.45, 7) is 2.29. The van der Waals surface area contributed by atoms with E-state index < -0.39 is 0 Å². The number of methoxy groups -OCH3 is 1. The lowest BCUT2D eigenvalue weighted by molar-refractivity contribution is -0.135. The zero-order chi connectivity index (χ0) is 14.5. The number of hydrogen-bond acceptors (Lipinski definition) is 4. The van der Waals surface area contributed by atoms with E-state index in [0.29, 0.717) is 12.3 Å². The van der Waals surface area contributed by atoms with Crippen LogP contribution in [0.4, 0.5) is 0 Å². The molecule has 5 nitrogen and oxygen atoms in total. The predicted octanol–water partition coefficient (Wildman–Crippen LogP) is 1.36. The summed E-state index contributed by atoms with van der Waals surface area (Å²) in [5, 5.41) is 12.8. The molecule has 110 valence electrons. The van der Waals surface area contributed by atoms with Gasteiger partial charge in [-0.05, 0) is 37.1 Å². The lowest BCUT2D eigenvalue weighted by Crippen LogP contribution is -2.41. The molecule has 0 radical (unpaired) electrons. The van der Waals surface area contributed by atoms with Gasteiger partial charge >= 0.3 is 0 Å². The largest absolute Gasteiger partial charge is 0.504 e. The second-order valence-corrected chi connectivity index (χ2v) is 5.24. The van der Waals surface area contributed by atoms with Crippen molar-refractivity contribution in [2.24, 2.45) is 5.92 Å². The van der Waals surface area contributed by atoms with Gasteiger partial charge in [0.1, 0.15) is 0 Å². The molecule has 0 aliphatic carbocycles. The van der Waals surface area contributed by atoms with Crippen LogP contribution in [-0.2, 0) is 11.3 Å². The second-order valence-electron chi connectivity index (χ2n) is 5.24. The molecule has 1 fully saturated rings. The van der Waals surface area contributed by atoms with Crippen molar-refractivity contribution in [1.82, 2.24) is 10.2 Å². The molecular weight excluding hydrogens is 256 g/mol. The van der Waals surface area contributed by atoms with Crippen molar-refractivity contribution in [3.63, 3.8) is 0 Å². The van der Waals surface area contributed by atoms with Gasteiger partial charge in [0, 0.05) is 20.1 Å². The standard InChI is InChI=1S/C15H22N2O3/c1-17(15(19)12-4-3-7-16-9-12)10-11-5-6-13(18)14(8-11)20-2/h5-6,8,12,16,18H,3-4,7,9-10H2,1-2H3/t12-/m1/s1. The number of nitrogens with one attached hydrogen (secondary N) is 1. The SMILES string of the molecule is COc1cc(CN(C)C(=O)[C@@H]2CCCNC2)ccc1O. The number of hydrogen-bond donors (Lipinski definition) is 2. The van der Waals surface area contributed by atoms with Gasteiger partial charge in [0.05, 0.1) is 13.0 Å². The number of phenolic OH excluding ortho intramolecular Hbond substituents is 1. The predicted molar refractivity (Wildman–Crippen MR) is 76.7 cm³/mol. The highest BCUT2D eigenvalue weighted by Gasteiger charge is 2.23. The monoisotopic (exact) mass is 278 g/mol. The van der Waals surface area contributed by atoms with Gasteiger partial charge in [-0.2, -0.15) is 0 Å². The summed E-state index contributed by atoms with van der Waals surface area (Å²) in [6, 6.07) is 5.16. The van der Waals surface area contributed by atoms with Crippen LogP contribution in [0, 0.1) is 5.92 Å². The van der Waals surface area contributed by atoms with Gasteiger partial charge < -0.3 is 20.1 Å². The van der Waals surface area contributed by atoms with Gasteiger partial charge in [0.2, 0.25) is 5.91 Å². The molecule has 0 bridgehead atoms. The van der Waals surface area contributed by atoms with E-state index in [1.807, 2.05) is 7.05 Å². The van der Waals surface area contributed by atoms with Crippen LogP contribution in [0.2, 0.25) is 0 Å². The van der Waals surface area contributed by atoms with Crippen LogP contribution in [0.1, 0.15) is 18.4 Å². The highest BCUT2D eigenvalue weighted by molar-refractivity contribution is 5.79. The maximum atomic E-state index is 12.3. The van der Waals surface area contributed by atoms with Gasteiger partial charge in [-0.1, -0.05) is 6.07 Å². The van der Waals surface area contributed by atoms with Crippen molar-refractivity contribution in [2.75, 3.05) is 27.2 Å². The van der Waals surface area contributed by atoms with Crippen LogP contribution >= 0.6 is 0 Å². The number of carbonyl (C=O) groups excluding carboxylic acids is 1. The molecule has 0 aromatic heterocycles. The van der Waals surface area contributed by atoms with Gasteiger partial charge in [-0.25, -0.2) is 0 Å². The summed E-state index contributed by atoms with van der Waals surface area (Å²) in [6.07, 6.45) is 2.01. The zero-order valence-corrected chi connectivity index (χ0v) is 12.1. The third-order valence-corrected chi connectivity index (χ3v) is 3.69. The van der Waals surface area contributed by atoms with Gasteiger partial charge in [0.15, 0.2) is 11.5 Å². The molecule has 0 saturated carbocycles. The number of amides is 1. The summed E-state index contributed by atoms with van der Waals surface area (Å²) in [7, 11) is 3.33. The first-order chi connectivity index (χ1) is 9.61. The lowest BCUT2D eigenvalue weighted by Gasteiger charge is -2.27. The Morgan fingerprint density at radius 2 is 2.35 bits per heavy atom. The first kappa shape index (κ1) is 14.7. The molecule has 1 saturated heterocycles. The highest BCUT2D eigenvalue weighted by Crippen LogP contribution is 2.27. The Kier molecular flexibility index (Phi) is 4.84. The van der Waals surface area contributed by atoms with E-state index in [4.69, 9.17) is 4.74 Å². The Morgan fingerprint density at radius 3 is 3.00 bits per heavy atom. The van der Waals surface area contributed by atoms with E-state index in [1.54, 1.807) is 23.1 Å². The van der Waals surface area contributed by atoms with Crippen LogP contribution in [0.3, 0.4) is 0 Å². The van der Waals surface area contributed by atoms with Crippen molar-refractivity contribution < 1.29 is 14.6 Å². The molecule has 5 heteroatoms. The summed E-state index contributed by atoms with van der Waals surface area (Å²) in [5.74, 6) is 0.793. The normalized spacial score (nSPS) is 18.6. The first-order valence-corrected chi connectivity index (χ1v) is 6.93. The van der Waals surface area contributed by atoms with Gasteiger partial charge in [-0.3, -0.25) is 4.79 Å². The molecule has 1 aromatic carbocycles. The number of aromatic hydroxyl groups is 1. The topological polar surface area (TPSA) is 61.8 Å². The van der Waals surface area contributed by atoms with Crippen LogP contribution in [0.25, 0.3) is 0 Å². The molecule has 0 spiro atoms. The van der Waals surface area contributed by atoms with Crippen LogP contribution in [0.5, 0.6) is 11.5 Å². The number of phenols is 1. The molecule has 1 aliphatic rings. The summed E-state index contributed by atoms with van der Waals surface area (Å²) in [4.78, 5) is 14.1. The van der Waals surface area contributed by atoms with E-state index in [-0.39, 0.29) is 17.6 Å². The average Bonchev–Trinajstić information content (AvgIpc) is 2.49. The van der Waals surface area contributed by atoms with Crippen molar-refractivity contribution in [1.29, 1.82) is 0 Å². The summed E-state index contributed by atoms with van der Waals surface area (Å²) >= 11 is 0. The van der Waals surface area contributed by atoms with E-state index in [1.165, 1.54) is 7.11 Å². The Hall–Kier alpha value is -1.75. The first-order valence-electron chi connectivity index (χ1n) is 6.93. The molecular formula is C15H22N2O3. The Labute approximate surface area is 119 Å². The smallest absolute Gasteiger partial charge is 0.227 e. The van der Waals surface area contributed by atoms with Crippen LogP contribution in [0.15, 0.2) is 18.2 Å². The van der Waals surface area contributed by atoms with Gasteiger partial charge in [-0.15, -0.1) is 0 Å². The van der Waals surface area contributed by atoms with Gasteiger partial charge in [0.25, 0.3) is 0 Å². The molecule has 0 unspecified atom stereocenters. The van der Waals surface area contributed by atoms with Crippen LogP contribution < -0.4 is 10.1 Å². The lowest BCUT2D eigenvalue weighted by atomic mass is 9.98. The number of benzene rings is 1. The van der Waals surface area contributed by atoms with Crippen LogP contribution in [-0.4, -0.2) is 43.2 Å². The van der Waals surface area contributed by atoms with Crippen molar-refractivity contribution in [3.05, 3.63) is 23.8 Å². The minimum Gasteiger partial charge on any atom is -0.504 e. The summed E-state index contributed by atoms with van der Waals surface area (Å²) in [5.41, 5.74) is 0.944. The number of nitrogens with zero attached hydrogens (tertiary/aromatic N) is 1. The molecule has 20 heavy (non-hydrogen) atoms. The Bertz CT molecular complexity index is 470. The number of ether oxygens (including phenoxy) is 1. The summed E-state index contributed by atoms with van der Waals surface area (Å²) < 4.78 is 5.08. The maximum Gasteiger partial charge on any atom is 0.227 e. The minimum absolute atomic E-state index is 0.0766. The molecule has 1 heterocycles. The van der Waals surface area contributed by atoms with Crippen molar-refractivity contribution >= 4 is 5.91 Å². The van der Waals surface area contributed by atoms with E-state index in [0.717, 1.165) is 31.5 Å². The minimum atomic E-state index is 0.0766. The molecule has 1 aliphatic heterocycles. The molecule has 2 N–H and O–H groups in total.